The van der Waals surface area contributed by atoms with E-state index < -0.39 is 0 Å². The maximum atomic E-state index is 13.2. The third kappa shape index (κ3) is 4.60. The average Bonchev–Trinajstić information content (AvgIpc) is 3.45. The Morgan fingerprint density at radius 1 is 0.875 bits per heavy atom. The van der Waals surface area contributed by atoms with Crippen LogP contribution in [-0.2, 0) is 6.54 Å². The van der Waals surface area contributed by atoms with Crippen LogP contribution in [0.5, 0.6) is 0 Å². The van der Waals surface area contributed by atoms with Gasteiger partial charge in [0.2, 0.25) is 0 Å². The predicted octanol–water partition coefficient (Wildman–Crippen LogP) is 5.36. The number of carbonyl (C=O) groups is 2. The summed E-state index contributed by atoms with van der Waals surface area (Å²) < 4.78 is 1.98. The molecule has 0 bridgehead atoms. The van der Waals surface area contributed by atoms with Crippen LogP contribution in [0.2, 0.25) is 0 Å². The number of benzene rings is 2. The van der Waals surface area contributed by atoms with Crippen molar-refractivity contribution in [3.8, 4) is 0 Å². The smallest absolute Gasteiger partial charge is 0.268 e. The first-order chi connectivity index (χ1) is 15.6. The van der Waals surface area contributed by atoms with E-state index in [1.807, 2.05) is 65.2 Å². The molecule has 5 nitrogen and oxygen atoms in total. The fourth-order valence-corrected chi connectivity index (χ4v) is 5.29. The van der Waals surface area contributed by atoms with Crippen LogP contribution in [0.1, 0.15) is 70.7 Å². The summed E-state index contributed by atoms with van der Waals surface area (Å²) in [4.78, 5) is 26.4. The molecular formula is C26H29N3O2S. The van der Waals surface area contributed by atoms with Crippen molar-refractivity contribution in [2.24, 2.45) is 0 Å². The average molecular weight is 448 g/mol. The quantitative estimate of drug-likeness (QED) is 0.489. The summed E-state index contributed by atoms with van der Waals surface area (Å²) in [5.41, 5.74) is 3.30. The number of amides is 2. The van der Waals surface area contributed by atoms with Crippen molar-refractivity contribution in [1.29, 1.82) is 0 Å². The molecular weight excluding hydrogens is 418 g/mol. The van der Waals surface area contributed by atoms with E-state index >= 15 is 0 Å². The second-order valence-corrected chi connectivity index (χ2v) is 9.02. The van der Waals surface area contributed by atoms with E-state index in [2.05, 4.69) is 24.5 Å². The van der Waals surface area contributed by atoms with Crippen molar-refractivity contribution < 1.29 is 9.59 Å². The van der Waals surface area contributed by atoms with Gasteiger partial charge in [-0.25, -0.2) is 0 Å². The highest BCUT2D eigenvalue weighted by Gasteiger charge is 2.29. The maximum absolute atomic E-state index is 13.2. The third-order valence-corrected chi connectivity index (χ3v) is 7.01. The zero-order chi connectivity index (χ0) is 22.5. The molecule has 32 heavy (non-hydrogen) atoms. The van der Waals surface area contributed by atoms with Crippen LogP contribution in [0.25, 0.3) is 0 Å². The lowest BCUT2D eigenvalue weighted by Gasteiger charge is -2.18. The minimum absolute atomic E-state index is 0.0644. The topological polar surface area (TPSA) is 63.1 Å². The Labute approximate surface area is 193 Å². The molecule has 2 amide bonds. The van der Waals surface area contributed by atoms with Gasteiger partial charge in [-0.15, -0.1) is 11.8 Å². The molecule has 1 aliphatic heterocycles. The van der Waals surface area contributed by atoms with Gasteiger partial charge in [-0.05, 0) is 30.0 Å². The van der Waals surface area contributed by atoms with Crippen LogP contribution >= 0.6 is 11.8 Å². The zero-order valence-electron chi connectivity index (χ0n) is 18.5. The number of thioether (sulfide) groups is 1. The fourth-order valence-electron chi connectivity index (χ4n) is 4.17. The van der Waals surface area contributed by atoms with Crippen LogP contribution in [0.3, 0.4) is 0 Å². The largest absolute Gasteiger partial charge is 0.345 e. The highest BCUT2D eigenvalue weighted by molar-refractivity contribution is 7.99. The Kier molecular flexibility index (Phi) is 7.00. The first kappa shape index (κ1) is 22.2. The van der Waals surface area contributed by atoms with E-state index in [0.717, 1.165) is 41.3 Å². The minimum atomic E-state index is -0.140. The minimum Gasteiger partial charge on any atom is -0.345 e. The van der Waals surface area contributed by atoms with Crippen molar-refractivity contribution >= 4 is 23.6 Å². The normalized spacial score (nSPS) is 14.4. The molecule has 1 aromatic heterocycles. The van der Waals surface area contributed by atoms with Gasteiger partial charge in [0.25, 0.3) is 11.8 Å². The standard InChI is InChI=1S/C26H29N3O2S/c1-3-21(18-11-7-5-8-12-18)27-24(30)20-17-23(29-15-16-32-26(20)29)25(31)28-22(4-2)19-13-9-6-10-14-19/h5-14,17,21-22H,3-4,15-16H2,1-2H3,(H,27,30)(H,28,31)/t21-,22-/m1/s1. The van der Waals surface area contributed by atoms with E-state index in [1.165, 1.54) is 0 Å². The lowest BCUT2D eigenvalue weighted by atomic mass is 10.0. The number of hydrogen-bond acceptors (Lipinski definition) is 3. The Morgan fingerprint density at radius 3 is 1.94 bits per heavy atom. The maximum Gasteiger partial charge on any atom is 0.268 e. The molecule has 0 saturated carbocycles. The van der Waals surface area contributed by atoms with Gasteiger partial charge in [0.15, 0.2) is 0 Å². The molecule has 2 atom stereocenters. The van der Waals surface area contributed by atoms with Gasteiger partial charge in [0, 0.05) is 12.3 Å². The lowest BCUT2D eigenvalue weighted by Crippen LogP contribution is -2.30. The number of aromatic nitrogens is 1. The van der Waals surface area contributed by atoms with Gasteiger partial charge in [-0.3, -0.25) is 9.59 Å². The van der Waals surface area contributed by atoms with Gasteiger partial charge < -0.3 is 15.2 Å². The van der Waals surface area contributed by atoms with E-state index in [4.69, 9.17) is 0 Å². The summed E-state index contributed by atoms with van der Waals surface area (Å²) in [6.07, 6.45) is 1.59. The van der Waals surface area contributed by atoms with Crippen LogP contribution in [0.15, 0.2) is 71.8 Å². The van der Waals surface area contributed by atoms with Crippen LogP contribution < -0.4 is 10.6 Å². The molecule has 2 N–H and O–H groups in total. The number of rotatable bonds is 8. The molecule has 0 aliphatic carbocycles. The Bertz CT molecular complexity index is 995. The Balaban J connectivity index is 1.56. The van der Waals surface area contributed by atoms with Crippen molar-refractivity contribution in [1.82, 2.24) is 15.2 Å². The van der Waals surface area contributed by atoms with Crippen molar-refractivity contribution in [2.75, 3.05) is 5.75 Å². The molecule has 3 aromatic rings. The summed E-state index contributed by atoms with van der Waals surface area (Å²) in [7, 11) is 0. The van der Waals surface area contributed by atoms with E-state index in [1.54, 1.807) is 17.8 Å². The highest BCUT2D eigenvalue weighted by atomic mass is 32.2. The van der Waals surface area contributed by atoms with Crippen molar-refractivity contribution in [3.05, 3.63) is 89.1 Å². The van der Waals surface area contributed by atoms with Gasteiger partial charge in [-0.1, -0.05) is 74.5 Å². The summed E-state index contributed by atoms with van der Waals surface area (Å²) in [5, 5.41) is 7.20. The molecule has 0 saturated heterocycles. The molecule has 6 heteroatoms. The summed E-state index contributed by atoms with van der Waals surface area (Å²) in [6, 6.07) is 21.6. The lowest BCUT2D eigenvalue weighted by molar-refractivity contribution is 0.0922. The molecule has 0 fully saturated rings. The summed E-state index contributed by atoms with van der Waals surface area (Å²) in [5.74, 6) is 0.592. The molecule has 1 aliphatic rings. The fraction of sp³-hybridized carbons (Fsp3) is 0.308. The SMILES string of the molecule is CC[C@@H](NC(=O)c1cc(C(=O)N[C@H](CC)c2ccccc2)n2c1SCC2)c1ccccc1. The van der Waals surface area contributed by atoms with Gasteiger partial charge in [0.05, 0.1) is 22.7 Å². The molecule has 2 aromatic carbocycles. The molecule has 0 radical (unpaired) electrons. The molecule has 0 spiro atoms. The summed E-state index contributed by atoms with van der Waals surface area (Å²) in [6.45, 7) is 4.85. The zero-order valence-corrected chi connectivity index (χ0v) is 19.3. The van der Waals surface area contributed by atoms with Gasteiger partial charge in [-0.2, -0.15) is 0 Å². The van der Waals surface area contributed by atoms with Gasteiger partial charge in [0.1, 0.15) is 5.69 Å². The third-order valence-electron chi connectivity index (χ3n) is 5.91. The number of nitrogens with one attached hydrogen (secondary N) is 2. The Hall–Kier alpha value is -2.99. The second-order valence-electron chi connectivity index (χ2n) is 7.94. The Morgan fingerprint density at radius 2 is 1.41 bits per heavy atom. The van der Waals surface area contributed by atoms with Gasteiger partial charge >= 0.3 is 0 Å². The van der Waals surface area contributed by atoms with Crippen LogP contribution in [0, 0.1) is 0 Å². The molecule has 4 rings (SSSR count). The highest BCUT2D eigenvalue weighted by Crippen LogP contribution is 2.33. The van der Waals surface area contributed by atoms with Crippen LogP contribution in [-0.4, -0.2) is 22.1 Å². The summed E-state index contributed by atoms with van der Waals surface area (Å²) >= 11 is 1.63. The van der Waals surface area contributed by atoms with E-state index in [-0.39, 0.29) is 23.9 Å². The van der Waals surface area contributed by atoms with Crippen LogP contribution in [0.4, 0.5) is 0 Å². The number of hydrogen-bond donors (Lipinski definition) is 2. The monoisotopic (exact) mass is 447 g/mol. The first-order valence-corrected chi connectivity index (χ1v) is 12.2. The predicted molar refractivity (Wildman–Crippen MR) is 129 cm³/mol. The molecule has 2 heterocycles. The van der Waals surface area contributed by atoms with E-state index in [0.29, 0.717) is 11.3 Å². The van der Waals surface area contributed by atoms with Crippen molar-refractivity contribution in [2.45, 2.75) is 50.3 Å². The number of carbonyl (C=O) groups excluding carboxylic acids is 2. The second kappa shape index (κ2) is 10.1. The number of nitrogens with zero attached hydrogens (tertiary/aromatic N) is 1. The van der Waals surface area contributed by atoms with Crippen molar-refractivity contribution in [3.63, 3.8) is 0 Å². The van der Waals surface area contributed by atoms with E-state index in [9.17, 15) is 9.59 Å². The first-order valence-electron chi connectivity index (χ1n) is 11.2. The number of fused-ring (bicyclic) bond motifs is 1. The molecule has 166 valence electrons. The molecule has 0 unspecified atom stereocenters.